The fraction of sp³-hybridized carbons (Fsp3) is 0.292. The number of benzene rings is 1. The Morgan fingerprint density at radius 3 is 2.42 bits per heavy atom. The summed E-state index contributed by atoms with van der Waals surface area (Å²) in [7, 11) is 2.36. The van der Waals surface area contributed by atoms with Gasteiger partial charge in [-0.15, -0.1) is 11.3 Å². The first-order chi connectivity index (χ1) is 17.2. The SMILES string of the molecule is COC(=O)c1sc(NC(=O)COC(=O)C(Cc2c[nH]c3ccccc23)NC(C)=O)c(C(=O)OC)c1C. The molecule has 0 saturated heterocycles. The summed E-state index contributed by atoms with van der Waals surface area (Å²) in [6.07, 6.45) is 1.88. The molecule has 1 unspecified atom stereocenters. The number of H-pyrrole nitrogens is 1. The van der Waals surface area contributed by atoms with Crippen LogP contribution < -0.4 is 10.6 Å². The Labute approximate surface area is 210 Å². The van der Waals surface area contributed by atoms with Crippen LogP contribution in [0.1, 0.15) is 38.1 Å². The summed E-state index contributed by atoms with van der Waals surface area (Å²) >= 11 is 0.835. The van der Waals surface area contributed by atoms with Crippen LogP contribution in [0.15, 0.2) is 30.5 Å². The largest absolute Gasteiger partial charge is 0.465 e. The Balaban J connectivity index is 1.71. The van der Waals surface area contributed by atoms with Crippen molar-refractivity contribution in [3.63, 3.8) is 0 Å². The highest BCUT2D eigenvalue weighted by molar-refractivity contribution is 7.18. The number of esters is 3. The third-order valence-corrected chi connectivity index (χ3v) is 6.45. The lowest BCUT2D eigenvalue weighted by molar-refractivity contribution is -0.150. The molecule has 0 aliphatic rings. The van der Waals surface area contributed by atoms with Crippen molar-refractivity contribution in [2.45, 2.75) is 26.3 Å². The van der Waals surface area contributed by atoms with Crippen LogP contribution in [0.2, 0.25) is 0 Å². The number of amides is 2. The highest BCUT2D eigenvalue weighted by Gasteiger charge is 2.28. The van der Waals surface area contributed by atoms with E-state index in [1.54, 1.807) is 6.20 Å². The van der Waals surface area contributed by atoms with Gasteiger partial charge in [0.25, 0.3) is 5.91 Å². The average Bonchev–Trinajstić information content (AvgIpc) is 3.41. The van der Waals surface area contributed by atoms with Crippen LogP contribution in [-0.4, -0.2) is 61.6 Å². The molecule has 0 aliphatic carbocycles. The maximum absolute atomic E-state index is 12.7. The number of hydrogen-bond acceptors (Lipinski definition) is 9. The van der Waals surface area contributed by atoms with E-state index in [0.29, 0.717) is 0 Å². The predicted octanol–water partition coefficient (Wildman–Crippen LogP) is 2.34. The van der Waals surface area contributed by atoms with Crippen molar-refractivity contribution < 1.29 is 38.2 Å². The lowest BCUT2D eigenvalue weighted by atomic mass is 10.0. The first-order valence-electron chi connectivity index (χ1n) is 10.7. The van der Waals surface area contributed by atoms with Gasteiger partial charge in [-0.05, 0) is 24.1 Å². The molecule has 3 N–H and O–H groups in total. The second-order valence-corrected chi connectivity index (χ2v) is 8.74. The molecule has 1 atom stereocenters. The van der Waals surface area contributed by atoms with Crippen LogP contribution >= 0.6 is 11.3 Å². The van der Waals surface area contributed by atoms with E-state index in [4.69, 9.17) is 14.2 Å². The van der Waals surface area contributed by atoms with Crippen molar-refractivity contribution in [1.82, 2.24) is 10.3 Å². The molecule has 2 heterocycles. The Kier molecular flexibility index (Phi) is 8.43. The van der Waals surface area contributed by atoms with Crippen LogP contribution in [0.5, 0.6) is 0 Å². The van der Waals surface area contributed by atoms with Crippen LogP contribution in [0, 0.1) is 6.92 Å². The quantitative estimate of drug-likeness (QED) is 0.290. The van der Waals surface area contributed by atoms with Gasteiger partial charge in [-0.2, -0.15) is 0 Å². The Morgan fingerprint density at radius 1 is 1.06 bits per heavy atom. The van der Waals surface area contributed by atoms with Crippen molar-refractivity contribution in [1.29, 1.82) is 0 Å². The van der Waals surface area contributed by atoms with E-state index in [-0.39, 0.29) is 27.4 Å². The zero-order valence-corrected chi connectivity index (χ0v) is 20.9. The van der Waals surface area contributed by atoms with E-state index < -0.39 is 42.4 Å². The lowest BCUT2D eigenvalue weighted by Crippen LogP contribution is -2.43. The van der Waals surface area contributed by atoms with Gasteiger partial charge in [0.15, 0.2) is 6.61 Å². The molecule has 12 heteroatoms. The number of anilines is 1. The summed E-state index contributed by atoms with van der Waals surface area (Å²) in [5.74, 6) is -3.43. The third-order valence-electron chi connectivity index (χ3n) is 5.27. The number of fused-ring (bicyclic) bond motifs is 1. The van der Waals surface area contributed by atoms with Gasteiger partial charge in [-0.25, -0.2) is 14.4 Å². The zero-order valence-electron chi connectivity index (χ0n) is 20.1. The molecule has 2 aromatic heterocycles. The monoisotopic (exact) mass is 515 g/mol. The second-order valence-electron chi connectivity index (χ2n) is 7.72. The molecular formula is C24H25N3O8S. The molecule has 0 saturated carbocycles. The van der Waals surface area contributed by atoms with Crippen molar-refractivity contribution in [3.05, 3.63) is 52.0 Å². The van der Waals surface area contributed by atoms with Crippen LogP contribution in [-0.2, 0) is 35.0 Å². The summed E-state index contributed by atoms with van der Waals surface area (Å²) in [6, 6.07) is 6.46. The fourth-order valence-electron chi connectivity index (χ4n) is 3.60. The topological polar surface area (TPSA) is 153 Å². The maximum atomic E-state index is 12.7. The second kappa shape index (κ2) is 11.5. The number of methoxy groups -OCH3 is 2. The molecule has 11 nitrogen and oxygen atoms in total. The smallest absolute Gasteiger partial charge is 0.348 e. The van der Waals surface area contributed by atoms with E-state index in [1.807, 2.05) is 24.3 Å². The number of carbonyl (C=O) groups is 5. The van der Waals surface area contributed by atoms with Gasteiger partial charge >= 0.3 is 17.9 Å². The normalized spacial score (nSPS) is 11.4. The summed E-state index contributed by atoms with van der Waals surface area (Å²) < 4.78 is 14.6. The lowest BCUT2D eigenvalue weighted by Gasteiger charge is -2.16. The molecule has 0 radical (unpaired) electrons. The van der Waals surface area contributed by atoms with Gasteiger partial charge in [0.05, 0.1) is 19.8 Å². The molecule has 0 spiro atoms. The summed E-state index contributed by atoms with van der Waals surface area (Å²) in [4.78, 5) is 64.4. The zero-order chi connectivity index (χ0) is 26.4. The van der Waals surface area contributed by atoms with Gasteiger partial charge in [0, 0.05) is 30.4 Å². The molecule has 3 aromatic rings. The number of ether oxygens (including phenoxy) is 3. The Hall–Kier alpha value is -4.19. The molecule has 1 aromatic carbocycles. The average molecular weight is 516 g/mol. The molecule has 0 aliphatic heterocycles. The number of rotatable bonds is 9. The number of carbonyl (C=O) groups excluding carboxylic acids is 5. The predicted molar refractivity (Wildman–Crippen MR) is 131 cm³/mol. The van der Waals surface area contributed by atoms with E-state index in [1.165, 1.54) is 28.1 Å². The van der Waals surface area contributed by atoms with E-state index >= 15 is 0 Å². The highest BCUT2D eigenvalue weighted by Crippen LogP contribution is 2.34. The molecule has 0 fully saturated rings. The Morgan fingerprint density at radius 2 is 1.75 bits per heavy atom. The minimum Gasteiger partial charge on any atom is -0.465 e. The molecule has 0 bridgehead atoms. The van der Waals surface area contributed by atoms with Crippen molar-refractivity contribution in [3.8, 4) is 0 Å². The first-order valence-corrected chi connectivity index (χ1v) is 11.6. The first kappa shape index (κ1) is 26.4. The minimum atomic E-state index is -1.03. The van der Waals surface area contributed by atoms with Crippen LogP contribution in [0.4, 0.5) is 5.00 Å². The van der Waals surface area contributed by atoms with Gasteiger partial charge in [-0.3, -0.25) is 9.59 Å². The van der Waals surface area contributed by atoms with E-state index in [9.17, 15) is 24.0 Å². The number of nitrogens with one attached hydrogen (secondary N) is 3. The molecular weight excluding hydrogens is 490 g/mol. The summed E-state index contributed by atoms with van der Waals surface area (Å²) in [5, 5.41) is 5.97. The standard InChI is InChI=1S/C24H25N3O8S/c1-12-19(23(31)33-3)21(36-20(12)24(32)34-4)27-18(29)11-35-22(30)17(26-13(2)28)9-14-10-25-16-8-6-5-7-15(14)16/h5-8,10,17,25H,9,11H2,1-4H3,(H,26,28)(H,27,29). The molecule has 36 heavy (non-hydrogen) atoms. The molecule has 190 valence electrons. The van der Waals surface area contributed by atoms with Gasteiger partial charge in [0.1, 0.15) is 15.9 Å². The Bertz CT molecular complexity index is 1330. The number of aromatic amines is 1. The number of para-hydroxylation sites is 1. The van der Waals surface area contributed by atoms with Crippen LogP contribution in [0.25, 0.3) is 10.9 Å². The van der Waals surface area contributed by atoms with Crippen molar-refractivity contribution in [2.75, 3.05) is 26.1 Å². The maximum Gasteiger partial charge on any atom is 0.348 e. The third kappa shape index (κ3) is 5.89. The number of hydrogen-bond donors (Lipinski definition) is 3. The van der Waals surface area contributed by atoms with Crippen molar-refractivity contribution in [2.24, 2.45) is 0 Å². The van der Waals surface area contributed by atoms with Crippen LogP contribution in [0.3, 0.4) is 0 Å². The van der Waals surface area contributed by atoms with E-state index in [0.717, 1.165) is 27.8 Å². The number of aromatic nitrogens is 1. The van der Waals surface area contributed by atoms with Gasteiger partial charge in [-0.1, -0.05) is 18.2 Å². The molecule has 3 rings (SSSR count). The van der Waals surface area contributed by atoms with Gasteiger partial charge < -0.3 is 29.8 Å². The highest BCUT2D eigenvalue weighted by atomic mass is 32.1. The summed E-state index contributed by atoms with van der Waals surface area (Å²) in [6.45, 7) is 2.11. The molecule has 2 amide bonds. The minimum absolute atomic E-state index is 0.00182. The summed E-state index contributed by atoms with van der Waals surface area (Å²) in [5.41, 5.74) is 1.95. The van der Waals surface area contributed by atoms with E-state index in [2.05, 4.69) is 15.6 Å². The fourth-order valence-corrected chi connectivity index (χ4v) is 4.73. The van der Waals surface area contributed by atoms with Crippen molar-refractivity contribution >= 4 is 57.0 Å². The van der Waals surface area contributed by atoms with Gasteiger partial charge in [0.2, 0.25) is 5.91 Å². The number of thiophene rings is 1.